The van der Waals surface area contributed by atoms with Crippen molar-refractivity contribution >= 4 is 59.9 Å². The summed E-state index contributed by atoms with van der Waals surface area (Å²) in [6.07, 6.45) is 2.41. The smallest absolute Gasteiger partial charge is 0.282 e. The van der Waals surface area contributed by atoms with Gasteiger partial charge in [-0.25, -0.2) is 4.98 Å². The van der Waals surface area contributed by atoms with Gasteiger partial charge < -0.3 is 18.6 Å². The van der Waals surface area contributed by atoms with Crippen molar-refractivity contribution < 1.29 is 18.6 Å². The van der Waals surface area contributed by atoms with E-state index in [2.05, 4.69) is 43.9 Å². The van der Waals surface area contributed by atoms with Gasteiger partial charge in [-0.1, -0.05) is 25.1 Å². The zero-order chi connectivity index (χ0) is 28.4. The number of hydrogen-bond donors (Lipinski definition) is 0. The molecule has 0 radical (unpaired) electrons. The van der Waals surface area contributed by atoms with Crippen LogP contribution in [0, 0.1) is 0 Å². The largest absolute Gasteiger partial charge is 0.496 e. The zero-order valence-electron chi connectivity index (χ0n) is 22.4. The number of hydrogen-bond acceptors (Lipinski definition) is 7. The van der Waals surface area contributed by atoms with Gasteiger partial charge in [-0.15, -0.1) is 0 Å². The van der Waals surface area contributed by atoms with E-state index in [1.165, 1.54) is 4.68 Å². The van der Waals surface area contributed by atoms with Crippen LogP contribution in [0.15, 0.2) is 77.9 Å². The molecule has 3 aromatic carbocycles. The number of ether oxygens (including phenoxy) is 3. The number of halogens is 2. The molecule has 0 fully saturated rings. The molecule has 206 valence electrons. The number of para-hydroxylation sites is 1. The van der Waals surface area contributed by atoms with Crippen LogP contribution in [0.5, 0.6) is 17.2 Å². The van der Waals surface area contributed by atoms with Gasteiger partial charge in [0.05, 0.1) is 46.8 Å². The van der Waals surface area contributed by atoms with E-state index in [0.717, 1.165) is 11.8 Å². The molecule has 0 bridgehead atoms. The van der Waals surface area contributed by atoms with Gasteiger partial charge in [0.2, 0.25) is 5.82 Å². The fourth-order valence-corrected chi connectivity index (χ4v) is 5.10. The van der Waals surface area contributed by atoms with Crippen LogP contribution < -0.4 is 19.8 Å². The molecule has 0 aliphatic carbocycles. The molecule has 8 nitrogen and oxygen atoms in total. The maximum atomic E-state index is 13.7. The quantitative estimate of drug-likeness (QED) is 0.149. The Morgan fingerprint density at radius 1 is 1.05 bits per heavy atom. The average molecular weight is 669 g/mol. The van der Waals surface area contributed by atoms with Gasteiger partial charge in [0.25, 0.3) is 5.56 Å². The molecule has 0 aliphatic rings. The van der Waals surface area contributed by atoms with Gasteiger partial charge in [-0.05, 0) is 88.5 Å². The minimum Gasteiger partial charge on any atom is -0.496 e. The Bertz CT molecular complexity index is 1790. The minimum atomic E-state index is -0.332. The lowest BCUT2D eigenvalue weighted by Crippen LogP contribution is -2.20. The van der Waals surface area contributed by atoms with E-state index in [4.69, 9.17) is 23.6 Å². The third-order valence-electron chi connectivity index (χ3n) is 6.38. The van der Waals surface area contributed by atoms with Gasteiger partial charge >= 0.3 is 0 Å². The van der Waals surface area contributed by atoms with Gasteiger partial charge in [-0.2, -0.15) is 9.78 Å². The molecule has 10 heteroatoms. The fourth-order valence-electron chi connectivity index (χ4n) is 4.19. The zero-order valence-corrected chi connectivity index (χ0v) is 25.6. The molecule has 0 saturated heterocycles. The summed E-state index contributed by atoms with van der Waals surface area (Å²) < 4.78 is 26.3. The summed E-state index contributed by atoms with van der Waals surface area (Å²) in [5, 5.41) is 5.80. The Morgan fingerprint density at radius 3 is 2.60 bits per heavy atom. The summed E-state index contributed by atoms with van der Waals surface area (Å²) >= 11 is 7.30. The van der Waals surface area contributed by atoms with Crippen LogP contribution in [0.1, 0.15) is 32.8 Å². The molecular formula is C30H27Br2N3O5. The van der Waals surface area contributed by atoms with E-state index in [-0.39, 0.29) is 17.5 Å². The molecule has 2 heterocycles. The van der Waals surface area contributed by atoms with Gasteiger partial charge in [0, 0.05) is 10.0 Å². The third-order valence-corrected chi connectivity index (χ3v) is 8.52. The van der Waals surface area contributed by atoms with Crippen LogP contribution in [0.2, 0.25) is 0 Å². The second kappa shape index (κ2) is 11.9. The fraction of sp³-hybridized carbons (Fsp3) is 0.233. The van der Waals surface area contributed by atoms with Crippen LogP contribution in [0.4, 0.5) is 0 Å². The summed E-state index contributed by atoms with van der Waals surface area (Å²) in [7, 11) is 1.60. The second-order valence-electron chi connectivity index (χ2n) is 8.99. The van der Waals surface area contributed by atoms with Crippen LogP contribution in [-0.2, 0) is 0 Å². The highest BCUT2D eigenvalue weighted by Gasteiger charge is 2.20. The summed E-state index contributed by atoms with van der Waals surface area (Å²) in [4.78, 5) is 18.5. The molecule has 0 unspecified atom stereocenters. The van der Waals surface area contributed by atoms with Crippen molar-refractivity contribution in [2.24, 2.45) is 5.10 Å². The van der Waals surface area contributed by atoms with Gasteiger partial charge in [0.1, 0.15) is 11.3 Å². The Labute approximate surface area is 247 Å². The monoisotopic (exact) mass is 667 g/mol. The van der Waals surface area contributed by atoms with E-state index in [9.17, 15) is 4.79 Å². The van der Waals surface area contributed by atoms with Crippen molar-refractivity contribution in [3.05, 3.63) is 79.5 Å². The van der Waals surface area contributed by atoms with E-state index < -0.39 is 0 Å². The summed E-state index contributed by atoms with van der Waals surface area (Å²) in [6, 6.07) is 16.3. The molecule has 0 aliphatic heterocycles. The van der Waals surface area contributed by atoms with Crippen LogP contribution in [0.25, 0.3) is 33.5 Å². The molecule has 0 spiro atoms. The molecule has 5 rings (SSSR count). The lowest BCUT2D eigenvalue weighted by molar-refractivity contribution is 0.201. The lowest BCUT2D eigenvalue weighted by atomic mass is 10.2. The highest BCUT2D eigenvalue weighted by Crippen LogP contribution is 2.43. The average Bonchev–Trinajstić information content (AvgIpc) is 3.41. The van der Waals surface area contributed by atoms with Gasteiger partial charge in [0.15, 0.2) is 17.3 Å². The Kier molecular flexibility index (Phi) is 8.27. The van der Waals surface area contributed by atoms with Crippen molar-refractivity contribution in [1.29, 1.82) is 0 Å². The van der Waals surface area contributed by atoms with E-state index in [0.29, 0.717) is 60.6 Å². The first-order chi connectivity index (χ1) is 19.4. The molecule has 0 amide bonds. The van der Waals surface area contributed by atoms with E-state index in [1.807, 2.05) is 44.2 Å². The number of rotatable bonds is 9. The van der Waals surface area contributed by atoms with E-state index >= 15 is 0 Å². The first-order valence-corrected chi connectivity index (χ1v) is 14.4. The Balaban J connectivity index is 1.68. The van der Waals surface area contributed by atoms with Crippen molar-refractivity contribution in [2.75, 3.05) is 13.7 Å². The normalized spacial score (nSPS) is 12.3. The van der Waals surface area contributed by atoms with Crippen molar-refractivity contribution in [3.8, 4) is 28.8 Å². The molecule has 5 aromatic rings. The van der Waals surface area contributed by atoms with Crippen LogP contribution >= 0.6 is 31.9 Å². The molecule has 1 atom stereocenters. The van der Waals surface area contributed by atoms with Crippen LogP contribution in [-0.4, -0.2) is 35.7 Å². The molecule has 0 N–H and O–H groups in total. The highest BCUT2D eigenvalue weighted by molar-refractivity contribution is 9.13. The topological polar surface area (TPSA) is 88.1 Å². The van der Waals surface area contributed by atoms with Crippen molar-refractivity contribution in [3.63, 3.8) is 0 Å². The maximum absolute atomic E-state index is 13.7. The summed E-state index contributed by atoms with van der Waals surface area (Å²) in [5.74, 6) is 2.46. The number of fused-ring (bicyclic) bond motifs is 2. The second-order valence-corrected chi connectivity index (χ2v) is 10.6. The molecule has 0 saturated carbocycles. The standard InChI is InChI=1S/C30H27Br2N3O5/c1-5-17(3)39-28-24(38-6-2)14-18(26(31)27(28)32)16-33-35-29(34-21-11-8-7-10-19(21)30(35)36)25-15-20-22(37-4)12-9-13-23(20)40-25/h7-17H,5-6H2,1-4H3/t17-/m0/s1. The summed E-state index contributed by atoms with van der Waals surface area (Å²) in [6.45, 7) is 6.42. The van der Waals surface area contributed by atoms with E-state index in [1.54, 1.807) is 37.6 Å². The third kappa shape index (κ3) is 5.25. The van der Waals surface area contributed by atoms with Crippen molar-refractivity contribution in [2.45, 2.75) is 33.3 Å². The number of methoxy groups -OCH3 is 1. The van der Waals surface area contributed by atoms with Gasteiger partial charge in [-0.3, -0.25) is 4.79 Å². The minimum absolute atomic E-state index is 0.00540. The Hall–Kier alpha value is -3.63. The Morgan fingerprint density at radius 2 is 1.85 bits per heavy atom. The predicted octanol–water partition coefficient (Wildman–Crippen LogP) is 7.80. The highest BCUT2D eigenvalue weighted by atomic mass is 79.9. The predicted molar refractivity (Wildman–Crippen MR) is 164 cm³/mol. The number of benzene rings is 3. The lowest BCUT2D eigenvalue weighted by Gasteiger charge is -2.19. The number of furan rings is 1. The number of aromatic nitrogens is 2. The molecule has 40 heavy (non-hydrogen) atoms. The molecular weight excluding hydrogens is 642 g/mol. The first kappa shape index (κ1) is 27.9. The van der Waals surface area contributed by atoms with Crippen LogP contribution in [0.3, 0.4) is 0 Å². The SMILES string of the molecule is CCOc1cc(C=Nn2c(-c3cc4c(OC)cccc4o3)nc3ccccc3c2=O)c(Br)c(Br)c1O[C@@H](C)CC. The number of nitrogens with zero attached hydrogens (tertiary/aromatic N) is 3. The van der Waals surface area contributed by atoms with Crippen molar-refractivity contribution in [1.82, 2.24) is 9.66 Å². The molecule has 2 aromatic heterocycles. The summed E-state index contributed by atoms with van der Waals surface area (Å²) in [5.41, 5.74) is 1.48. The maximum Gasteiger partial charge on any atom is 0.282 e. The first-order valence-electron chi connectivity index (χ1n) is 12.8.